The fourth-order valence-corrected chi connectivity index (χ4v) is 4.01. The van der Waals surface area contributed by atoms with Gasteiger partial charge in [0.25, 0.3) is 5.91 Å². The second-order valence-electron chi connectivity index (χ2n) is 8.08. The van der Waals surface area contributed by atoms with Crippen molar-refractivity contribution in [3.8, 4) is 0 Å². The first-order valence-electron chi connectivity index (χ1n) is 8.62. The number of benzene rings is 1. The predicted molar refractivity (Wildman–Crippen MR) is 99.7 cm³/mol. The number of methoxy groups -OCH3 is 1. The minimum atomic E-state index is -2.14. The van der Waals surface area contributed by atoms with E-state index in [1.807, 2.05) is 30.3 Å². The van der Waals surface area contributed by atoms with E-state index in [-0.39, 0.29) is 17.0 Å². The summed E-state index contributed by atoms with van der Waals surface area (Å²) in [4.78, 5) is 25.9. The zero-order chi connectivity index (χ0) is 18.8. The Hall–Kier alpha value is -1.50. The van der Waals surface area contributed by atoms with Gasteiger partial charge in [-0.3, -0.25) is 4.79 Å². The molecule has 5 nitrogen and oxygen atoms in total. The van der Waals surface area contributed by atoms with Gasteiger partial charge in [-0.25, -0.2) is 0 Å². The van der Waals surface area contributed by atoms with Gasteiger partial charge >= 0.3 is 0 Å². The Morgan fingerprint density at radius 1 is 1.24 bits per heavy atom. The summed E-state index contributed by atoms with van der Waals surface area (Å²) in [5.74, 6) is -0.0953. The van der Waals surface area contributed by atoms with Gasteiger partial charge in [0, 0.05) is 13.7 Å². The number of β-lactam (4-membered cyclic amide) rings is 1. The molecule has 1 aliphatic heterocycles. The number of hydrogen-bond donors (Lipinski definition) is 0. The van der Waals surface area contributed by atoms with Crippen LogP contribution in [-0.2, 0) is 25.3 Å². The van der Waals surface area contributed by atoms with Crippen LogP contribution in [0.3, 0.4) is 0 Å². The van der Waals surface area contributed by atoms with E-state index in [9.17, 15) is 9.59 Å². The Morgan fingerprint density at radius 3 is 2.32 bits per heavy atom. The number of ether oxygens (including phenoxy) is 1. The number of amides is 1. The summed E-state index contributed by atoms with van der Waals surface area (Å²) in [7, 11) is -0.641. The third-order valence-corrected chi connectivity index (χ3v) is 9.83. The molecule has 6 heteroatoms. The lowest BCUT2D eigenvalue weighted by Gasteiger charge is -2.50. The van der Waals surface area contributed by atoms with Gasteiger partial charge in [0.2, 0.25) is 0 Å². The quantitative estimate of drug-likeness (QED) is 0.424. The van der Waals surface area contributed by atoms with E-state index in [2.05, 4.69) is 33.9 Å². The van der Waals surface area contributed by atoms with Crippen LogP contribution in [-0.4, -0.2) is 50.8 Å². The van der Waals surface area contributed by atoms with Crippen LogP contribution >= 0.6 is 0 Å². The van der Waals surface area contributed by atoms with Crippen molar-refractivity contribution in [3.63, 3.8) is 0 Å². The zero-order valence-electron chi connectivity index (χ0n) is 16.0. The van der Waals surface area contributed by atoms with Crippen LogP contribution in [0.25, 0.3) is 0 Å². The Morgan fingerprint density at radius 2 is 1.84 bits per heavy atom. The van der Waals surface area contributed by atoms with E-state index in [1.165, 1.54) is 7.11 Å². The summed E-state index contributed by atoms with van der Waals surface area (Å²) in [6, 6.07) is 9.36. The first-order valence-corrected chi connectivity index (χ1v) is 11.5. The predicted octanol–water partition coefficient (Wildman–Crippen LogP) is 3.00. The molecule has 0 saturated carbocycles. The van der Waals surface area contributed by atoms with Crippen LogP contribution in [0.4, 0.5) is 0 Å². The molecule has 0 unspecified atom stereocenters. The van der Waals surface area contributed by atoms with E-state index in [0.717, 1.165) is 11.8 Å². The van der Waals surface area contributed by atoms with E-state index >= 15 is 0 Å². The molecule has 0 bridgehead atoms. The van der Waals surface area contributed by atoms with E-state index in [0.29, 0.717) is 6.54 Å². The maximum absolute atomic E-state index is 12.4. The van der Waals surface area contributed by atoms with Gasteiger partial charge in [0.15, 0.2) is 14.4 Å². The second kappa shape index (κ2) is 7.39. The molecular formula is C19H29NO4Si. The molecule has 0 radical (unpaired) electrons. The number of carbonyl (C=O) groups excluding carboxylic acids is 2. The van der Waals surface area contributed by atoms with Crippen LogP contribution in [0.1, 0.15) is 26.3 Å². The Labute approximate surface area is 151 Å². The number of nitrogens with zero attached hydrogens (tertiary/aromatic N) is 1. The van der Waals surface area contributed by atoms with Crippen LogP contribution in [0.2, 0.25) is 18.1 Å². The molecule has 0 aromatic heterocycles. The van der Waals surface area contributed by atoms with Crippen molar-refractivity contribution in [2.75, 3.05) is 7.11 Å². The Balaban J connectivity index is 2.21. The summed E-state index contributed by atoms with van der Waals surface area (Å²) in [6.45, 7) is 11.0. The molecule has 25 heavy (non-hydrogen) atoms. The standard InChI is InChI=1S/C19H29NO4Si/c1-19(2,3)25(5,6)24-15(13-21)16-17(23-4)18(22)20(16)12-14-10-8-7-9-11-14/h7-11,13,15-17H,12H2,1-6H3/t15-,16+,17-/m1/s1. The van der Waals surface area contributed by atoms with Crippen molar-refractivity contribution in [1.82, 2.24) is 4.90 Å². The molecule has 1 aromatic rings. The van der Waals surface area contributed by atoms with Gasteiger partial charge in [0.1, 0.15) is 12.4 Å². The molecule has 1 fully saturated rings. The molecule has 0 N–H and O–H groups in total. The first kappa shape index (κ1) is 19.8. The number of carbonyl (C=O) groups is 2. The summed E-state index contributed by atoms with van der Waals surface area (Å²) in [6.07, 6.45) is -0.474. The highest BCUT2D eigenvalue weighted by Crippen LogP contribution is 2.39. The summed E-state index contributed by atoms with van der Waals surface area (Å²) < 4.78 is 11.6. The SMILES string of the molecule is CO[C@H]1C(=O)N(Cc2ccccc2)[C@H]1[C@@H](C=O)O[Si](C)(C)C(C)(C)C. The molecule has 1 aliphatic rings. The average Bonchev–Trinajstić information content (AvgIpc) is 2.55. The molecule has 2 rings (SSSR count). The smallest absolute Gasteiger partial charge is 0.254 e. The van der Waals surface area contributed by atoms with Gasteiger partial charge in [-0.1, -0.05) is 51.1 Å². The lowest BCUT2D eigenvalue weighted by molar-refractivity contribution is -0.180. The van der Waals surface area contributed by atoms with Crippen molar-refractivity contribution in [3.05, 3.63) is 35.9 Å². The molecule has 3 atom stereocenters. The normalized spacial score (nSPS) is 22.5. The monoisotopic (exact) mass is 363 g/mol. The minimum Gasteiger partial charge on any atom is -0.405 e. The fourth-order valence-electron chi connectivity index (χ4n) is 2.79. The summed E-state index contributed by atoms with van der Waals surface area (Å²) in [5.41, 5.74) is 1.02. The third kappa shape index (κ3) is 4.02. The number of aldehydes is 1. The van der Waals surface area contributed by atoms with Crippen molar-refractivity contribution in [1.29, 1.82) is 0 Å². The topological polar surface area (TPSA) is 55.8 Å². The molecule has 1 amide bonds. The maximum Gasteiger partial charge on any atom is 0.254 e. The van der Waals surface area contributed by atoms with E-state index in [4.69, 9.17) is 9.16 Å². The second-order valence-corrected chi connectivity index (χ2v) is 12.8. The highest BCUT2D eigenvalue weighted by atomic mass is 28.4. The summed E-state index contributed by atoms with van der Waals surface area (Å²) in [5, 5.41) is -0.0190. The Kier molecular flexibility index (Phi) is 5.86. The molecule has 0 spiro atoms. The molecule has 1 saturated heterocycles. The number of hydrogen-bond acceptors (Lipinski definition) is 4. The van der Waals surface area contributed by atoms with Crippen LogP contribution in [0.15, 0.2) is 30.3 Å². The highest BCUT2D eigenvalue weighted by molar-refractivity contribution is 6.74. The Bertz CT molecular complexity index is 612. The number of rotatable bonds is 7. The lowest BCUT2D eigenvalue weighted by Crippen LogP contribution is -2.70. The molecular weight excluding hydrogens is 334 g/mol. The summed E-state index contributed by atoms with van der Waals surface area (Å²) >= 11 is 0. The van der Waals surface area contributed by atoms with Gasteiger partial charge < -0.3 is 18.9 Å². The van der Waals surface area contributed by atoms with Crippen molar-refractivity contribution >= 4 is 20.5 Å². The van der Waals surface area contributed by atoms with E-state index < -0.39 is 20.5 Å². The molecule has 138 valence electrons. The average molecular weight is 364 g/mol. The first-order chi connectivity index (χ1) is 11.6. The van der Waals surface area contributed by atoms with E-state index in [1.54, 1.807) is 4.90 Å². The van der Waals surface area contributed by atoms with Gasteiger partial charge in [-0.2, -0.15) is 0 Å². The van der Waals surface area contributed by atoms with Gasteiger partial charge in [-0.15, -0.1) is 0 Å². The number of likely N-dealkylation sites (tertiary alicyclic amines) is 1. The molecule has 1 aromatic carbocycles. The van der Waals surface area contributed by atoms with Gasteiger partial charge in [0.05, 0.1) is 6.04 Å². The van der Waals surface area contributed by atoms with Crippen LogP contribution in [0.5, 0.6) is 0 Å². The van der Waals surface area contributed by atoms with Crippen LogP contribution in [0, 0.1) is 0 Å². The van der Waals surface area contributed by atoms with Crippen LogP contribution < -0.4 is 0 Å². The van der Waals surface area contributed by atoms with Crippen molar-refractivity contribution in [2.45, 2.75) is 63.7 Å². The maximum atomic E-state index is 12.4. The zero-order valence-corrected chi connectivity index (χ0v) is 17.0. The minimum absolute atomic E-state index is 0.0190. The third-order valence-electron chi connectivity index (χ3n) is 5.35. The molecule has 1 heterocycles. The van der Waals surface area contributed by atoms with Crippen molar-refractivity contribution in [2.24, 2.45) is 0 Å². The fraction of sp³-hybridized carbons (Fsp3) is 0.579. The van der Waals surface area contributed by atoms with Gasteiger partial charge in [-0.05, 0) is 23.7 Å². The lowest BCUT2D eigenvalue weighted by atomic mass is 9.92. The highest BCUT2D eigenvalue weighted by Gasteiger charge is 2.54. The van der Waals surface area contributed by atoms with Crippen molar-refractivity contribution < 1.29 is 18.8 Å². The largest absolute Gasteiger partial charge is 0.405 e. The molecule has 0 aliphatic carbocycles.